The number of rotatable bonds is 5. The van der Waals surface area contributed by atoms with Crippen molar-refractivity contribution >= 4 is 10.0 Å². The summed E-state index contributed by atoms with van der Waals surface area (Å²) >= 11 is 0. The molecule has 0 aliphatic heterocycles. The van der Waals surface area contributed by atoms with Crippen molar-refractivity contribution in [3.05, 3.63) is 66.3 Å². The number of halogens is 2. The molecule has 3 aromatic rings. The van der Waals surface area contributed by atoms with Crippen molar-refractivity contribution in [2.24, 2.45) is 0 Å². The average molecular weight is 351 g/mol. The molecule has 0 saturated carbocycles. The van der Waals surface area contributed by atoms with E-state index in [4.69, 9.17) is 4.42 Å². The van der Waals surface area contributed by atoms with Gasteiger partial charge in [-0.1, -0.05) is 6.07 Å². The zero-order valence-electron chi connectivity index (χ0n) is 12.1. The molecule has 0 radical (unpaired) electrons. The molecule has 3 rings (SSSR count). The van der Waals surface area contributed by atoms with E-state index in [1.54, 1.807) is 12.1 Å². The molecule has 6 nitrogen and oxygen atoms in total. The highest BCUT2D eigenvalue weighted by atomic mass is 32.2. The summed E-state index contributed by atoms with van der Waals surface area (Å²) in [7, 11) is -4.40. The van der Waals surface area contributed by atoms with Gasteiger partial charge >= 0.3 is 0 Å². The minimum Gasteiger partial charge on any atom is -0.463 e. The fourth-order valence-corrected chi connectivity index (χ4v) is 3.21. The Morgan fingerprint density at radius 1 is 1.04 bits per heavy atom. The molecule has 9 heteroatoms. The van der Waals surface area contributed by atoms with Crippen molar-refractivity contribution in [1.82, 2.24) is 14.7 Å². The van der Waals surface area contributed by atoms with Gasteiger partial charge in [0.05, 0.1) is 18.5 Å². The highest BCUT2D eigenvalue weighted by Gasteiger charge is 2.24. The number of aromatic nitrogens is 2. The molecule has 2 aromatic heterocycles. The molecule has 0 aliphatic rings. The van der Waals surface area contributed by atoms with Crippen LogP contribution in [0.5, 0.6) is 0 Å². The van der Waals surface area contributed by atoms with Crippen molar-refractivity contribution in [3.63, 3.8) is 0 Å². The fraction of sp³-hybridized carbons (Fsp3) is 0.0667. The quantitative estimate of drug-likeness (QED) is 0.763. The van der Waals surface area contributed by atoms with Crippen LogP contribution in [0.3, 0.4) is 0 Å². The van der Waals surface area contributed by atoms with Crippen LogP contribution in [0.1, 0.15) is 5.69 Å². The van der Waals surface area contributed by atoms with Gasteiger partial charge < -0.3 is 4.42 Å². The van der Waals surface area contributed by atoms with Crippen LogP contribution in [0.25, 0.3) is 11.5 Å². The molecule has 0 bridgehead atoms. The van der Waals surface area contributed by atoms with E-state index in [0.29, 0.717) is 11.5 Å². The fourth-order valence-electron chi connectivity index (χ4n) is 2.09. The van der Waals surface area contributed by atoms with Crippen LogP contribution in [0.4, 0.5) is 8.78 Å². The van der Waals surface area contributed by atoms with Crippen LogP contribution in [-0.2, 0) is 16.6 Å². The largest absolute Gasteiger partial charge is 0.463 e. The topological polar surface area (TPSA) is 85.1 Å². The van der Waals surface area contributed by atoms with E-state index in [9.17, 15) is 17.2 Å². The Kier molecular flexibility index (Phi) is 4.36. The van der Waals surface area contributed by atoms with E-state index in [1.165, 1.54) is 18.7 Å². The lowest BCUT2D eigenvalue weighted by atomic mass is 10.2. The Labute approximate surface area is 136 Å². The lowest BCUT2D eigenvalue weighted by Crippen LogP contribution is -2.26. The van der Waals surface area contributed by atoms with Gasteiger partial charge in [0.15, 0.2) is 10.7 Å². The third-order valence-corrected chi connectivity index (χ3v) is 4.60. The van der Waals surface area contributed by atoms with Gasteiger partial charge in [0.2, 0.25) is 10.0 Å². The van der Waals surface area contributed by atoms with Crippen molar-refractivity contribution in [1.29, 1.82) is 0 Å². The van der Waals surface area contributed by atoms with Crippen LogP contribution in [0.15, 0.2) is 58.3 Å². The van der Waals surface area contributed by atoms with Gasteiger partial charge in [0, 0.05) is 12.4 Å². The van der Waals surface area contributed by atoms with E-state index in [1.807, 2.05) is 0 Å². The smallest absolute Gasteiger partial charge is 0.246 e. The lowest BCUT2D eigenvalue weighted by molar-refractivity contribution is 0.513. The summed E-state index contributed by atoms with van der Waals surface area (Å²) in [5.41, 5.74) is 0.590. The molecule has 0 saturated heterocycles. The molecule has 0 aliphatic carbocycles. The van der Waals surface area contributed by atoms with Gasteiger partial charge in [0.1, 0.15) is 17.3 Å². The zero-order valence-corrected chi connectivity index (χ0v) is 12.9. The minimum atomic E-state index is -4.40. The molecule has 0 fully saturated rings. The first-order valence-corrected chi connectivity index (χ1v) is 8.25. The normalized spacial score (nSPS) is 11.6. The van der Waals surface area contributed by atoms with Crippen molar-refractivity contribution in [2.45, 2.75) is 11.4 Å². The van der Waals surface area contributed by atoms with Crippen LogP contribution < -0.4 is 4.72 Å². The third kappa shape index (κ3) is 3.17. The zero-order chi connectivity index (χ0) is 17.2. The Hall–Kier alpha value is -2.65. The van der Waals surface area contributed by atoms with Crippen molar-refractivity contribution < 1.29 is 21.6 Å². The summed E-state index contributed by atoms with van der Waals surface area (Å²) < 4.78 is 59.0. The second-order valence-corrected chi connectivity index (χ2v) is 6.41. The Balaban J connectivity index is 1.89. The van der Waals surface area contributed by atoms with Crippen molar-refractivity contribution in [3.8, 4) is 11.5 Å². The van der Waals surface area contributed by atoms with Gasteiger partial charge in [0.25, 0.3) is 0 Å². The summed E-state index contributed by atoms with van der Waals surface area (Å²) in [5, 5.41) is 0. The number of nitrogens with zero attached hydrogens (tertiary/aromatic N) is 2. The molecular weight excluding hydrogens is 340 g/mol. The van der Waals surface area contributed by atoms with Gasteiger partial charge in [-0.25, -0.2) is 26.9 Å². The van der Waals surface area contributed by atoms with Crippen LogP contribution in [0, 0.1) is 11.6 Å². The number of nitrogens with one attached hydrogen (secondary N) is 1. The maximum atomic E-state index is 13.7. The predicted molar refractivity (Wildman–Crippen MR) is 80.1 cm³/mol. The Morgan fingerprint density at radius 2 is 1.75 bits per heavy atom. The molecule has 1 N–H and O–H groups in total. The van der Waals surface area contributed by atoms with E-state index < -0.39 is 26.6 Å². The summed E-state index contributed by atoms with van der Waals surface area (Å²) in [5.74, 6) is -1.95. The Morgan fingerprint density at radius 3 is 2.42 bits per heavy atom. The second-order valence-electron chi connectivity index (χ2n) is 4.70. The summed E-state index contributed by atoms with van der Waals surface area (Å²) in [6.45, 7) is -0.306. The molecule has 1 aromatic carbocycles. The molecule has 0 unspecified atom stereocenters. The van der Waals surface area contributed by atoms with E-state index >= 15 is 0 Å². The number of sulfonamides is 1. The highest BCUT2D eigenvalue weighted by molar-refractivity contribution is 7.89. The summed E-state index contributed by atoms with van der Waals surface area (Å²) in [6, 6.07) is 6.11. The second kappa shape index (κ2) is 6.46. The maximum Gasteiger partial charge on any atom is 0.246 e. The number of furan rings is 1. The molecule has 0 amide bonds. The Bertz CT molecular complexity index is 940. The first-order valence-electron chi connectivity index (χ1n) is 6.76. The molecule has 0 atom stereocenters. The van der Waals surface area contributed by atoms with Crippen LogP contribution >= 0.6 is 0 Å². The summed E-state index contributed by atoms with van der Waals surface area (Å²) in [6.07, 6.45) is 4.23. The van der Waals surface area contributed by atoms with E-state index in [0.717, 1.165) is 18.2 Å². The van der Waals surface area contributed by atoms with Gasteiger partial charge in [-0.05, 0) is 24.3 Å². The third-order valence-electron chi connectivity index (χ3n) is 3.15. The first kappa shape index (κ1) is 16.2. The average Bonchev–Trinajstić information content (AvgIpc) is 3.07. The van der Waals surface area contributed by atoms with E-state index in [-0.39, 0.29) is 12.2 Å². The lowest BCUT2D eigenvalue weighted by Gasteiger charge is -2.09. The predicted octanol–water partition coefficient (Wildman–Crippen LogP) is 2.49. The molecule has 124 valence electrons. The maximum absolute atomic E-state index is 13.7. The van der Waals surface area contributed by atoms with Crippen molar-refractivity contribution in [2.75, 3.05) is 0 Å². The monoisotopic (exact) mass is 351 g/mol. The van der Waals surface area contributed by atoms with Crippen LogP contribution in [-0.4, -0.2) is 18.4 Å². The number of hydrogen-bond acceptors (Lipinski definition) is 5. The van der Waals surface area contributed by atoms with E-state index in [2.05, 4.69) is 14.7 Å². The molecule has 24 heavy (non-hydrogen) atoms. The molecule has 2 heterocycles. The number of benzene rings is 1. The van der Waals surface area contributed by atoms with Gasteiger partial charge in [-0.3, -0.25) is 4.98 Å². The number of hydrogen-bond donors (Lipinski definition) is 1. The SMILES string of the molecule is O=S(=O)(NCc1nccnc1-c1ccco1)c1c(F)cccc1F. The van der Waals surface area contributed by atoms with Crippen LogP contribution in [0.2, 0.25) is 0 Å². The van der Waals surface area contributed by atoms with Gasteiger partial charge in [-0.2, -0.15) is 0 Å². The minimum absolute atomic E-state index is 0.257. The van der Waals surface area contributed by atoms with Gasteiger partial charge in [-0.15, -0.1) is 0 Å². The summed E-state index contributed by atoms with van der Waals surface area (Å²) in [4.78, 5) is 7.10. The first-order chi connectivity index (χ1) is 11.5. The molecule has 0 spiro atoms. The standard InChI is InChI=1S/C15H11F2N3O3S/c16-10-3-1-4-11(17)15(10)24(21,22)20-9-12-14(19-7-6-18-12)13-5-2-8-23-13/h1-8,20H,9H2. The highest BCUT2D eigenvalue weighted by Crippen LogP contribution is 2.21. The molecular formula is C15H11F2N3O3S.